The Morgan fingerprint density at radius 1 is 1.10 bits per heavy atom. The number of guanidine groups is 1. The van der Waals surface area contributed by atoms with Crippen LogP contribution in [0.4, 0.5) is 0 Å². The van der Waals surface area contributed by atoms with Crippen LogP contribution in [-0.4, -0.2) is 43.9 Å². The van der Waals surface area contributed by atoms with Crippen LogP contribution in [0.25, 0.3) is 0 Å². The number of rotatable bonds is 11. The summed E-state index contributed by atoms with van der Waals surface area (Å²) in [6.07, 6.45) is 1.92. The van der Waals surface area contributed by atoms with E-state index in [9.17, 15) is 0 Å². The molecule has 2 N–H and O–H groups in total. The Balaban J connectivity index is 1.88. The first-order valence-corrected chi connectivity index (χ1v) is 10.4. The summed E-state index contributed by atoms with van der Waals surface area (Å²) in [4.78, 5) is 8.63. The minimum absolute atomic E-state index is 0.110. The van der Waals surface area contributed by atoms with Crippen LogP contribution in [0.3, 0.4) is 0 Å². The number of nitrogens with zero attached hydrogens (tertiary/aromatic N) is 2. The maximum Gasteiger partial charge on any atom is 0.213 e. The molecule has 1 aromatic carbocycles. The van der Waals surface area contributed by atoms with Crippen LogP contribution >= 0.6 is 0 Å². The summed E-state index contributed by atoms with van der Waals surface area (Å²) in [5.74, 6) is 2.20. The summed E-state index contributed by atoms with van der Waals surface area (Å²) >= 11 is 0. The summed E-state index contributed by atoms with van der Waals surface area (Å²) in [5, 5.41) is 6.64. The average Bonchev–Trinajstić information content (AvgIpc) is 2.73. The highest BCUT2D eigenvalue weighted by Crippen LogP contribution is 2.20. The molecule has 7 heteroatoms. The lowest BCUT2D eigenvalue weighted by atomic mass is 10.1. The monoisotopic (exact) mass is 414 g/mol. The van der Waals surface area contributed by atoms with Gasteiger partial charge < -0.3 is 24.8 Å². The Bertz CT molecular complexity index is 792. The number of aryl methyl sites for hydroxylation is 1. The molecule has 0 radical (unpaired) electrons. The number of nitrogens with one attached hydrogen (secondary N) is 2. The van der Waals surface area contributed by atoms with E-state index in [1.807, 2.05) is 45.2 Å². The SMILES string of the molecule is CCOCCOc1cc(C)ccc1CNC(=NC)NCc1ccc(OC(C)C)nc1. The van der Waals surface area contributed by atoms with Gasteiger partial charge in [-0.2, -0.15) is 0 Å². The fourth-order valence-corrected chi connectivity index (χ4v) is 2.71. The van der Waals surface area contributed by atoms with Gasteiger partial charge in [0.1, 0.15) is 12.4 Å². The predicted molar refractivity (Wildman–Crippen MR) is 120 cm³/mol. The molecule has 0 aliphatic carbocycles. The van der Waals surface area contributed by atoms with Gasteiger partial charge in [0.25, 0.3) is 0 Å². The third-order valence-electron chi connectivity index (χ3n) is 4.20. The van der Waals surface area contributed by atoms with Gasteiger partial charge in [0.05, 0.1) is 12.7 Å². The molecule has 0 spiro atoms. The molecule has 2 aromatic rings. The van der Waals surface area contributed by atoms with Crippen LogP contribution in [0.5, 0.6) is 11.6 Å². The van der Waals surface area contributed by atoms with Gasteiger partial charge in [-0.3, -0.25) is 4.99 Å². The molecule has 0 amide bonds. The molecule has 0 saturated heterocycles. The molecule has 164 valence electrons. The first-order chi connectivity index (χ1) is 14.5. The molecule has 1 aromatic heterocycles. The summed E-state index contributed by atoms with van der Waals surface area (Å²) in [6.45, 7) is 11.0. The molecule has 0 aliphatic rings. The van der Waals surface area contributed by atoms with Crippen LogP contribution in [-0.2, 0) is 17.8 Å². The molecule has 0 fully saturated rings. The molecule has 0 atom stereocenters. The Labute approximate surface area is 179 Å². The second-order valence-corrected chi connectivity index (χ2v) is 7.11. The lowest BCUT2D eigenvalue weighted by molar-refractivity contribution is 0.110. The maximum atomic E-state index is 5.91. The van der Waals surface area contributed by atoms with Crippen molar-refractivity contribution in [3.05, 3.63) is 53.2 Å². The minimum Gasteiger partial charge on any atom is -0.491 e. The first kappa shape index (κ1) is 23.5. The Kier molecular flexibility index (Phi) is 9.94. The van der Waals surface area contributed by atoms with Crippen LogP contribution in [0.2, 0.25) is 0 Å². The number of pyridine rings is 1. The highest BCUT2D eigenvalue weighted by molar-refractivity contribution is 5.79. The van der Waals surface area contributed by atoms with Crippen molar-refractivity contribution in [1.29, 1.82) is 0 Å². The molecule has 1 heterocycles. The molecule has 2 rings (SSSR count). The fraction of sp³-hybridized carbons (Fsp3) is 0.478. The zero-order valence-corrected chi connectivity index (χ0v) is 18.7. The summed E-state index contributed by atoms with van der Waals surface area (Å²) < 4.78 is 16.8. The number of aliphatic imine (C=N–C) groups is 1. The normalized spacial score (nSPS) is 11.5. The summed E-state index contributed by atoms with van der Waals surface area (Å²) in [7, 11) is 1.75. The van der Waals surface area contributed by atoms with Crippen molar-refractivity contribution in [3.8, 4) is 11.6 Å². The number of hydrogen-bond acceptors (Lipinski definition) is 5. The fourth-order valence-electron chi connectivity index (χ4n) is 2.71. The molecular formula is C23H34N4O3. The summed E-state index contributed by atoms with van der Waals surface area (Å²) in [5.41, 5.74) is 3.27. The van der Waals surface area contributed by atoms with Gasteiger partial charge in [0.15, 0.2) is 5.96 Å². The topological polar surface area (TPSA) is 77.0 Å². The molecule has 0 unspecified atom stereocenters. The van der Waals surface area contributed by atoms with E-state index in [4.69, 9.17) is 14.2 Å². The Hall–Kier alpha value is -2.80. The largest absolute Gasteiger partial charge is 0.491 e. The van der Waals surface area contributed by atoms with Crippen molar-refractivity contribution in [2.24, 2.45) is 4.99 Å². The average molecular weight is 415 g/mol. The highest BCUT2D eigenvalue weighted by atomic mass is 16.5. The quantitative estimate of drug-likeness (QED) is 0.333. The van der Waals surface area contributed by atoms with Gasteiger partial charge in [-0.25, -0.2) is 4.98 Å². The van der Waals surface area contributed by atoms with Crippen molar-refractivity contribution in [1.82, 2.24) is 15.6 Å². The van der Waals surface area contributed by atoms with E-state index < -0.39 is 0 Å². The number of aromatic nitrogens is 1. The van der Waals surface area contributed by atoms with Crippen LogP contribution in [0, 0.1) is 6.92 Å². The van der Waals surface area contributed by atoms with Crippen molar-refractivity contribution >= 4 is 5.96 Å². The zero-order chi connectivity index (χ0) is 21.8. The van der Waals surface area contributed by atoms with Gasteiger partial charge in [0, 0.05) is 44.6 Å². The molecule has 7 nitrogen and oxygen atoms in total. The van der Waals surface area contributed by atoms with E-state index in [1.165, 1.54) is 0 Å². The van der Waals surface area contributed by atoms with Crippen molar-refractivity contribution in [2.45, 2.75) is 46.9 Å². The second kappa shape index (κ2) is 12.7. The predicted octanol–water partition coefficient (Wildman–Crippen LogP) is 3.46. The van der Waals surface area contributed by atoms with E-state index in [-0.39, 0.29) is 6.10 Å². The number of benzene rings is 1. The first-order valence-electron chi connectivity index (χ1n) is 10.4. The highest BCUT2D eigenvalue weighted by Gasteiger charge is 2.07. The van der Waals surface area contributed by atoms with E-state index in [2.05, 4.69) is 39.7 Å². The van der Waals surface area contributed by atoms with Crippen molar-refractivity contribution in [3.63, 3.8) is 0 Å². The summed E-state index contributed by atoms with van der Waals surface area (Å²) in [6, 6.07) is 10.1. The lowest BCUT2D eigenvalue weighted by Gasteiger charge is -2.16. The van der Waals surface area contributed by atoms with Gasteiger partial charge >= 0.3 is 0 Å². The molecule has 0 aliphatic heterocycles. The van der Waals surface area contributed by atoms with Crippen molar-refractivity contribution < 1.29 is 14.2 Å². The number of ether oxygens (including phenoxy) is 3. The van der Waals surface area contributed by atoms with Gasteiger partial charge in [-0.1, -0.05) is 18.2 Å². The Morgan fingerprint density at radius 2 is 1.90 bits per heavy atom. The van der Waals surface area contributed by atoms with Gasteiger partial charge in [-0.15, -0.1) is 0 Å². The zero-order valence-electron chi connectivity index (χ0n) is 18.7. The standard InChI is InChI=1S/C23H34N4O3/c1-6-28-11-12-29-21-13-18(4)7-9-20(21)16-27-23(24-5)26-15-19-8-10-22(25-14-19)30-17(2)3/h7-10,13-14,17H,6,11-12,15-16H2,1-5H3,(H2,24,26,27). The molecule has 0 bridgehead atoms. The van der Waals surface area contributed by atoms with Crippen molar-refractivity contribution in [2.75, 3.05) is 26.9 Å². The maximum absolute atomic E-state index is 5.91. The van der Waals surface area contributed by atoms with E-state index >= 15 is 0 Å². The van der Waals surface area contributed by atoms with E-state index in [0.29, 0.717) is 44.7 Å². The van der Waals surface area contributed by atoms with E-state index in [0.717, 1.165) is 22.4 Å². The molecular weight excluding hydrogens is 380 g/mol. The lowest BCUT2D eigenvalue weighted by Crippen LogP contribution is -2.36. The smallest absolute Gasteiger partial charge is 0.213 e. The number of hydrogen-bond donors (Lipinski definition) is 2. The van der Waals surface area contributed by atoms with Crippen LogP contribution in [0.1, 0.15) is 37.5 Å². The van der Waals surface area contributed by atoms with Crippen LogP contribution in [0.15, 0.2) is 41.5 Å². The minimum atomic E-state index is 0.110. The van der Waals surface area contributed by atoms with E-state index in [1.54, 1.807) is 7.05 Å². The Morgan fingerprint density at radius 3 is 2.57 bits per heavy atom. The third-order valence-corrected chi connectivity index (χ3v) is 4.20. The second-order valence-electron chi connectivity index (χ2n) is 7.11. The van der Waals surface area contributed by atoms with Crippen LogP contribution < -0.4 is 20.1 Å². The third kappa shape index (κ3) is 8.29. The molecule has 30 heavy (non-hydrogen) atoms. The molecule has 0 saturated carbocycles. The van der Waals surface area contributed by atoms with Gasteiger partial charge in [0.2, 0.25) is 5.88 Å². The van der Waals surface area contributed by atoms with Gasteiger partial charge in [-0.05, 0) is 44.9 Å².